The minimum atomic E-state index is -0.527. The zero-order chi connectivity index (χ0) is 22.5. The first-order chi connectivity index (χ1) is 14.8. The number of fused-ring (bicyclic) bond motifs is 1. The van der Waals surface area contributed by atoms with Crippen LogP contribution in [0, 0.1) is 5.92 Å². The third-order valence-electron chi connectivity index (χ3n) is 5.26. The monoisotopic (exact) mass is 426 g/mol. The number of hydrogen-bond donors (Lipinski definition) is 3. The molecule has 4 N–H and O–H groups in total. The Bertz CT molecular complexity index is 1190. The Labute approximate surface area is 180 Å². The predicted octanol–water partition coefficient (Wildman–Crippen LogP) is 2.44. The largest absolute Gasteiger partial charge is 0.377 e. The number of hydrogen-bond acceptors (Lipinski definition) is 5. The molecule has 0 aliphatic carbocycles. The van der Waals surface area contributed by atoms with Crippen LogP contribution in [0.15, 0.2) is 33.9 Å². The molecule has 3 rings (SSSR count). The van der Waals surface area contributed by atoms with E-state index < -0.39 is 17.2 Å². The molecule has 2 aromatic heterocycles. The highest BCUT2D eigenvalue weighted by Gasteiger charge is 2.19. The van der Waals surface area contributed by atoms with Gasteiger partial charge in [-0.1, -0.05) is 39.3 Å². The van der Waals surface area contributed by atoms with E-state index in [0.717, 1.165) is 19.3 Å². The molecule has 2 heterocycles. The number of H-pyrrole nitrogens is 1. The Balaban J connectivity index is 2.08. The molecule has 3 aromatic rings. The van der Waals surface area contributed by atoms with Gasteiger partial charge in [0, 0.05) is 18.8 Å². The number of amides is 1. The zero-order valence-electron chi connectivity index (χ0n) is 18.3. The Morgan fingerprint density at radius 2 is 1.94 bits per heavy atom. The fourth-order valence-corrected chi connectivity index (χ4v) is 3.53. The summed E-state index contributed by atoms with van der Waals surface area (Å²) in [6.07, 6.45) is 2.57. The molecule has 166 valence electrons. The van der Waals surface area contributed by atoms with Gasteiger partial charge in [0.2, 0.25) is 0 Å². The quantitative estimate of drug-likeness (QED) is 0.459. The average Bonchev–Trinajstić information content (AvgIpc) is 3.09. The third kappa shape index (κ3) is 4.87. The lowest BCUT2D eigenvalue weighted by Gasteiger charge is -2.13. The fourth-order valence-electron chi connectivity index (χ4n) is 3.53. The van der Waals surface area contributed by atoms with E-state index >= 15 is 0 Å². The summed E-state index contributed by atoms with van der Waals surface area (Å²) in [5, 5.41) is 3.21. The van der Waals surface area contributed by atoms with E-state index in [-0.39, 0.29) is 6.54 Å². The number of unbranched alkanes of at least 4 members (excludes halogenated alkanes) is 1. The molecule has 0 saturated heterocycles. The van der Waals surface area contributed by atoms with Crippen LogP contribution in [0.2, 0.25) is 0 Å². The van der Waals surface area contributed by atoms with Crippen LogP contribution in [0.25, 0.3) is 11.2 Å². The third-order valence-corrected chi connectivity index (χ3v) is 5.26. The van der Waals surface area contributed by atoms with E-state index in [1.165, 1.54) is 4.57 Å². The number of aryl methyl sites for hydroxylation is 2. The van der Waals surface area contributed by atoms with Gasteiger partial charge in [0.05, 0.1) is 12.1 Å². The number of anilines is 1. The molecule has 0 bridgehead atoms. The number of aromatic nitrogens is 4. The van der Waals surface area contributed by atoms with Gasteiger partial charge >= 0.3 is 5.69 Å². The van der Waals surface area contributed by atoms with Crippen molar-refractivity contribution in [3.63, 3.8) is 0 Å². The number of aromatic amines is 1. The van der Waals surface area contributed by atoms with Gasteiger partial charge in [-0.3, -0.25) is 19.1 Å². The van der Waals surface area contributed by atoms with Crippen molar-refractivity contribution in [2.45, 2.75) is 59.7 Å². The molecule has 0 spiro atoms. The van der Waals surface area contributed by atoms with Crippen LogP contribution in [-0.4, -0.2) is 25.0 Å². The summed E-state index contributed by atoms with van der Waals surface area (Å²) < 4.78 is 3.41. The van der Waals surface area contributed by atoms with E-state index in [1.807, 2.05) is 17.6 Å². The topological polar surface area (TPSA) is 128 Å². The molecule has 0 saturated carbocycles. The van der Waals surface area contributed by atoms with E-state index in [1.54, 1.807) is 18.2 Å². The number of nitrogens with two attached hydrogens (primary N) is 1. The van der Waals surface area contributed by atoms with Gasteiger partial charge in [-0.15, -0.1) is 0 Å². The summed E-state index contributed by atoms with van der Waals surface area (Å²) >= 11 is 0. The maximum atomic E-state index is 12.7. The number of primary amides is 1. The molecular weight excluding hydrogens is 396 g/mol. The van der Waals surface area contributed by atoms with Crippen molar-refractivity contribution in [1.29, 1.82) is 0 Å². The second-order valence-electron chi connectivity index (χ2n) is 8.06. The number of benzene rings is 1. The Morgan fingerprint density at radius 1 is 1.19 bits per heavy atom. The van der Waals surface area contributed by atoms with Gasteiger partial charge in [0.1, 0.15) is 5.82 Å². The first-order valence-corrected chi connectivity index (χ1v) is 10.7. The molecule has 0 aliphatic rings. The van der Waals surface area contributed by atoms with Crippen molar-refractivity contribution in [1.82, 2.24) is 19.1 Å². The molecule has 1 aromatic carbocycles. The molecule has 0 fully saturated rings. The van der Waals surface area contributed by atoms with Gasteiger partial charge in [0.15, 0.2) is 11.2 Å². The fraction of sp³-hybridized carbons (Fsp3) is 0.455. The number of para-hydroxylation sites is 1. The Hall–Kier alpha value is -3.36. The van der Waals surface area contributed by atoms with Crippen LogP contribution in [0.4, 0.5) is 5.69 Å². The van der Waals surface area contributed by atoms with Crippen molar-refractivity contribution in [2.75, 3.05) is 5.32 Å². The van der Waals surface area contributed by atoms with Crippen molar-refractivity contribution in [3.8, 4) is 0 Å². The van der Waals surface area contributed by atoms with Crippen LogP contribution >= 0.6 is 0 Å². The molecule has 9 heteroatoms. The Kier molecular flexibility index (Phi) is 6.94. The van der Waals surface area contributed by atoms with Gasteiger partial charge in [-0.05, 0) is 30.9 Å². The van der Waals surface area contributed by atoms with E-state index in [4.69, 9.17) is 5.73 Å². The molecular formula is C22H30N6O3. The van der Waals surface area contributed by atoms with Gasteiger partial charge < -0.3 is 15.6 Å². The molecule has 0 aliphatic heterocycles. The van der Waals surface area contributed by atoms with Crippen molar-refractivity contribution in [2.24, 2.45) is 11.7 Å². The highest BCUT2D eigenvalue weighted by atomic mass is 16.2. The standard InChI is InChI=1S/C22H30N6O3/c1-4-5-11-28-20-18(21(30)26-22(28)31)27(12-10-14(2)3)17(25-20)13-24-16-9-7-6-8-15(16)19(23)29/h6-9,14,24H,4-5,10-13H2,1-3H3,(H2,23,29)(H,26,30,31). The lowest BCUT2D eigenvalue weighted by Crippen LogP contribution is -2.31. The maximum absolute atomic E-state index is 12.7. The van der Waals surface area contributed by atoms with Crippen LogP contribution in [-0.2, 0) is 19.6 Å². The number of nitrogens with zero attached hydrogens (tertiary/aromatic N) is 3. The first-order valence-electron chi connectivity index (χ1n) is 10.7. The number of imidazole rings is 1. The second kappa shape index (κ2) is 9.63. The van der Waals surface area contributed by atoms with Crippen LogP contribution in [0.3, 0.4) is 0 Å². The number of nitrogens with one attached hydrogen (secondary N) is 2. The SMILES string of the molecule is CCCCn1c(=O)[nH]c(=O)c2c1nc(CNc1ccccc1C(N)=O)n2CCC(C)C. The average molecular weight is 427 g/mol. The predicted molar refractivity (Wildman–Crippen MR) is 121 cm³/mol. The van der Waals surface area contributed by atoms with Gasteiger partial charge in [-0.25, -0.2) is 9.78 Å². The van der Waals surface area contributed by atoms with Crippen LogP contribution in [0.5, 0.6) is 0 Å². The molecule has 0 atom stereocenters. The zero-order valence-corrected chi connectivity index (χ0v) is 18.3. The lowest BCUT2D eigenvalue weighted by atomic mass is 10.1. The summed E-state index contributed by atoms with van der Waals surface area (Å²) in [6, 6.07) is 6.98. The van der Waals surface area contributed by atoms with E-state index in [0.29, 0.717) is 47.2 Å². The van der Waals surface area contributed by atoms with Gasteiger partial charge in [-0.2, -0.15) is 0 Å². The van der Waals surface area contributed by atoms with E-state index in [9.17, 15) is 14.4 Å². The van der Waals surface area contributed by atoms with Gasteiger partial charge in [0.25, 0.3) is 11.5 Å². The number of rotatable bonds is 10. The minimum Gasteiger partial charge on any atom is -0.377 e. The molecule has 0 radical (unpaired) electrons. The summed E-state index contributed by atoms with van der Waals surface area (Å²) in [5.41, 5.74) is 6.36. The smallest absolute Gasteiger partial charge is 0.330 e. The number of carbonyl (C=O) groups excluding carboxylic acids is 1. The second-order valence-corrected chi connectivity index (χ2v) is 8.06. The summed E-state index contributed by atoms with van der Waals surface area (Å²) in [4.78, 5) is 44.0. The molecule has 9 nitrogen and oxygen atoms in total. The van der Waals surface area contributed by atoms with E-state index in [2.05, 4.69) is 29.1 Å². The van der Waals surface area contributed by atoms with Crippen molar-refractivity contribution in [3.05, 3.63) is 56.5 Å². The molecule has 31 heavy (non-hydrogen) atoms. The van der Waals surface area contributed by atoms with Crippen LogP contribution in [0.1, 0.15) is 56.2 Å². The molecule has 0 unspecified atom stereocenters. The normalized spacial score (nSPS) is 11.4. The first kappa shape index (κ1) is 22.3. The van der Waals surface area contributed by atoms with Crippen molar-refractivity contribution < 1.29 is 4.79 Å². The molecule has 1 amide bonds. The summed E-state index contributed by atoms with van der Waals surface area (Å²) in [6.45, 7) is 7.63. The maximum Gasteiger partial charge on any atom is 0.330 e. The van der Waals surface area contributed by atoms with Crippen LogP contribution < -0.4 is 22.3 Å². The summed E-state index contributed by atoms with van der Waals surface area (Å²) in [5.74, 6) is 0.524. The highest BCUT2D eigenvalue weighted by Crippen LogP contribution is 2.18. The minimum absolute atomic E-state index is 0.276. The highest BCUT2D eigenvalue weighted by molar-refractivity contribution is 5.98. The lowest BCUT2D eigenvalue weighted by molar-refractivity contribution is 0.100. The van der Waals surface area contributed by atoms with Crippen molar-refractivity contribution >= 4 is 22.8 Å². The Morgan fingerprint density at radius 3 is 2.61 bits per heavy atom. The summed E-state index contributed by atoms with van der Waals surface area (Å²) in [7, 11) is 0. The number of carbonyl (C=O) groups is 1.